The Balaban J connectivity index is 3.11. The van der Waals surface area contributed by atoms with Crippen LogP contribution >= 0.6 is 11.6 Å². The maximum absolute atomic E-state index is 12.5. The fourth-order valence-electron chi connectivity index (χ4n) is 2.17. The van der Waals surface area contributed by atoms with E-state index >= 15 is 0 Å². The molecule has 2 amide bonds. The molecule has 122 valence electrons. The lowest BCUT2D eigenvalue weighted by Gasteiger charge is -2.26. The molecule has 3 N–H and O–H groups in total. The predicted molar refractivity (Wildman–Crippen MR) is 93.8 cm³/mol. The number of nitrogens with two attached hydrogens (primary N) is 1. The lowest BCUT2D eigenvalue weighted by molar-refractivity contribution is 0.250. The molecule has 6 heteroatoms. The number of benzene rings is 1. The van der Waals surface area contributed by atoms with Crippen molar-refractivity contribution in [2.75, 3.05) is 11.4 Å². The van der Waals surface area contributed by atoms with Gasteiger partial charge in [0.2, 0.25) is 0 Å². The number of nitrogens with zero attached hydrogens (tertiary/aromatic N) is 2. The van der Waals surface area contributed by atoms with E-state index in [1.54, 1.807) is 11.0 Å². The Morgan fingerprint density at radius 3 is 2.64 bits per heavy atom. The van der Waals surface area contributed by atoms with Crippen LogP contribution in [0.4, 0.5) is 10.5 Å². The number of guanidine groups is 1. The molecule has 0 saturated carbocycles. The summed E-state index contributed by atoms with van der Waals surface area (Å²) in [4.78, 5) is 18.3. The molecule has 1 aromatic rings. The highest BCUT2D eigenvalue weighted by molar-refractivity contribution is 6.34. The zero-order chi connectivity index (χ0) is 16.7. The van der Waals surface area contributed by atoms with E-state index in [9.17, 15) is 4.79 Å². The van der Waals surface area contributed by atoms with Crippen molar-refractivity contribution >= 4 is 29.3 Å². The Morgan fingerprint density at radius 2 is 2.09 bits per heavy atom. The van der Waals surface area contributed by atoms with E-state index in [2.05, 4.69) is 10.3 Å². The summed E-state index contributed by atoms with van der Waals surface area (Å²) in [6.07, 6.45) is 1.60. The molecule has 1 rings (SSSR count). The van der Waals surface area contributed by atoms with Crippen molar-refractivity contribution in [1.82, 2.24) is 5.32 Å². The summed E-state index contributed by atoms with van der Waals surface area (Å²) < 4.78 is 0. The molecule has 0 spiro atoms. The van der Waals surface area contributed by atoms with E-state index < -0.39 is 0 Å². The fourth-order valence-corrected chi connectivity index (χ4v) is 2.47. The second-order valence-electron chi connectivity index (χ2n) is 5.29. The smallest absolute Gasteiger partial charge is 0.328 e. The second-order valence-corrected chi connectivity index (χ2v) is 5.70. The molecule has 0 saturated heterocycles. The van der Waals surface area contributed by atoms with Crippen LogP contribution in [0.3, 0.4) is 0 Å². The largest absolute Gasteiger partial charge is 0.370 e. The quantitative estimate of drug-likeness (QED) is 0.642. The second kappa shape index (κ2) is 8.63. The van der Waals surface area contributed by atoms with Crippen LogP contribution in [0.5, 0.6) is 0 Å². The lowest BCUT2D eigenvalue weighted by atomic mass is 10.1. The van der Waals surface area contributed by atoms with Crippen LogP contribution in [-0.2, 0) is 6.42 Å². The van der Waals surface area contributed by atoms with Gasteiger partial charge in [0.05, 0.1) is 10.7 Å². The molecule has 0 bridgehead atoms. The average Bonchev–Trinajstić information content (AvgIpc) is 2.43. The van der Waals surface area contributed by atoms with E-state index in [0.29, 0.717) is 11.6 Å². The molecule has 0 aliphatic heterocycles. The number of rotatable bonds is 5. The maximum atomic E-state index is 12.5. The monoisotopic (exact) mass is 324 g/mol. The number of hydrogen-bond donors (Lipinski definition) is 2. The van der Waals surface area contributed by atoms with Crippen molar-refractivity contribution in [1.29, 1.82) is 0 Å². The van der Waals surface area contributed by atoms with Crippen LogP contribution in [0.25, 0.3) is 0 Å². The molecule has 0 radical (unpaired) electrons. The van der Waals surface area contributed by atoms with E-state index in [1.807, 2.05) is 39.8 Å². The molecule has 0 aliphatic carbocycles. The molecule has 0 aromatic heterocycles. The van der Waals surface area contributed by atoms with Crippen molar-refractivity contribution in [3.63, 3.8) is 0 Å². The van der Waals surface area contributed by atoms with Gasteiger partial charge in [-0.2, -0.15) is 0 Å². The van der Waals surface area contributed by atoms with Crippen LogP contribution in [0, 0.1) is 0 Å². The summed E-state index contributed by atoms with van der Waals surface area (Å²) in [7, 11) is 0. The van der Waals surface area contributed by atoms with Gasteiger partial charge in [-0.3, -0.25) is 15.2 Å². The third-order valence-corrected chi connectivity index (χ3v) is 3.35. The Kier molecular flexibility index (Phi) is 7.18. The third-order valence-electron chi connectivity index (χ3n) is 3.05. The van der Waals surface area contributed by atoms with Crippen LogP contribution in [0.15, 0.2) is 23.2 Å². The topological polar surface area (TPSA) is 70.7 Å². The van der Waals surface area contributed by atoms with Gasteiger partial charge in [-0.15, -0.1) is 0 Å². The summed E-state index contributed by atoms with van der Waals surface area (Å²) in [5.41, 5.74) is 7.52. The number of halogens is 1. The highest BCUT2D eigenvalue weighted by Crippen LogP contribution is 2.30. The number of carbonyl (C=O) groups excluding carboxylic acids is 1. The normalized spacial score (nSPS) is 11.6. The number of hydrogen-bond acceptors (Lipinski definition) is 2. The van der Waals surface area contributed by atoms with Gasteiger partial charge in [-0.05, 0) is 38.3 Å². The Morgan fingerprint density at radius 1 is 1.41 bits per heavy atom. The third kappa shape index (κ3) is 4.91. The summed E-state index contributed by atoms with van der Waals surface area (Å²) in [5, 5.41) is 3.19. The van der Waals surface area contributed by atoms with Gasteiger partial charge >= 0.3 is 6.03 Å². The van der Waals surface area contributed by atoms with E-state index in [-0.39, 0.29) is 18.0 Å². The molecule has 0 unspecified atom stereocenters. The van der Waals surface area contributed by atoms with Gasteiger partial charge in [-0.1, -0.05) is 37.6 Å². The first kappa shape index (κ1) is 18.3. The predicted octanol–water partition coefficient (Wildman–Crippen LogP) is 3.55. The number of anilines is 1. The molecular weight excluding hydrogens is 300 g/mol. The first-order valence-electron chi connectivity index (χ1n) is 7.59. The highest BCUT2D eigenvalue weighted by atomic mass is 35.5. The van der Waals surface area contributed by atoms with Gasteiger partial charge in [0.1, 0.15) is 0 Å². The molecule has 1 aromatic carbocycles. The molecule has 22 heavy (non-hydrogen) atoms. The number of aryl methyl sites for hydroxylation is 1. The van der Waals surface area contributed by atoms with Crippen LogP contribution in [-0.4, -0.2) is 24.6 Å². The Labute approximate surface area is 137 Å². The molecule has 5 nitrogen and oxygen atoms in total. The van der Waals surface area contributed by atoms with Crippen molar-refractivity contribution in [3.05, 3.63) is 28.8 Å². The van der Waals surface area contributed by atoms with E-state index in [0.717, 1.165) is 24.1 Å². The SMILES string of the molecule is CCCN(C(=O)NC(N)=NC(C)C)c1c(Cl)cccc1CC. The summed E-state index contributed by atoms with van der Waals surface area (Å²) in [5.74, 6) is 0.117. The highest BCUT2D eigenvalue weighted by Gasteiger charge is 2.20. The van der Waals surface area contributed by atoms with Gasteiger partial charge in [-0.25, -0.2) is 4.79 Å². The van der Waals surface area contributed by atoms with Crippen LogP contribution in [0.1, 0.15) is 39.7 Å². The van der Waals surface area contributed by atoms with Crippen LogP contribution < -0.4 is 16.0 Å². The number of urea groups is 1. The maximum Gasteiger partial charge on any atom is 0.328 e. The number of nitrogens with one attached hydrogen (secondary N) is 1. The van der Waals surface area contributed by atoms with Crippen molar-refractivity contribution in [2.45, 2.75) is 46.6 Å². The Hall–Kier alpha value is -1.75. The minimum atomic E-state index is -0.313. The number of carbonyl (C=O) groups is 1. The zero-order valence-electron chi connectivity index (χ0n) is 13.7. The summed E-state index contributed by atoms with van der Waals surface area (Å²) in [6, 6.07) is 5.36. The number of aliphatic imine (C=N–C) groups is 1. The van der Waals surface area contributed by atoms with Crippen LogP contribution in [0.2, 0.25) is 5.02 Å². The first-order chi connectivity index (χ1) is 10.4. The van der Waals surface area contributed by atoms with Gasteiger partial charge in [0, 0.05) is 12.6 Å². The number of amides is 2. The zero-order valence-corrected chi connectivity index (χ0v) is 14.4. The molecule has 0 heterocycles. The summed E-state index contributed by atoms with van der Waals surface area (Å²) in [6.45, 7) is 8.38. The number of para-hydroxylation sites is 1. The van der Waals surface area contributed by atoms with Gasteiger partial charge < -0.3 is 5.73 Å². The minimum absolute atomic E-state index is 0.0199. The molecule has 0 fully saturated rings. The van der Waals surface area contributed by atoms with E-state index in [1.165, 1.54) is 0 Å². The van der Waals surface area contributed by atoms with E-state index in [4.69, 9.17) is 17.3 Å². The van der Waals surface area contributed by atoms with Crippen molar-refractivity contribution in [3.8, 4) is 0 Å². The standard InChI is InChI=1S/C16H25ClN4O/c1-5-10-21(16(22)20-15(18)19-11(3)4)14-12(6-2)8-7-9-13(14)17/h7-9,11H,5-6,10H2,1-4H3,(H3,18,19,20,22). The van der Waals surface area contributed by atoms with Crippen molar-refractivity contribution in [2.24, 2.45) is 10.7 Å². The van der Waals surface area contributed by atoms with Gasteiger partial charge in [0.15, 0.2) is 5.96 Å². The fraction of sp³-hybridized carbons (Fsp3) is 0.500. The molecule has 0 atom stereocenters. The minimum Gasteiger partial charge on any atom is -0.370 e. The Bertz CT molecular complexity index is 543. The molecule has 0 aliphatic rings. The summed E-state index contributed by atoms with van der Waals surface area (Å²) >= 11 is 6.32. The molecular formula is C16H25ClN4O. The average molecular weight is 325 g/mol. The first-order valence-corrected chi connectivity index (χ1v) is 7.97. The lowest BCUT2D eigenvalue weighted by Crippen LogP contribution is -2.47. The van der Waals surface area contributed by atoms with Gasteiger partial charge in [0.25, 0.3) is 0 Å². The van der Waals surface area contributed by atoms with Crippen molar-refractivity contribution < 1.29 is 4.79 Å².